The molecule has 1 aromatic carbocycles. The van der Waals surface area contributed by atoms with Crippen molar-refractivity contribution in [1.82, 2.24) is 14.8 Å². The number of rotatable bonds is 6. The number of alkyl halides is 3. The van der Waals surface area contributed by atoms with Gasteiger partial charge in [-0.3, -0.25) is 4.90 Å². The number of pyridine rings is 1. The van der Waals surface area contributed by atoms with Crippen LogP contribution in [0.25, 0.3) is 0 Å². The number of hydrogen-bond acceptors (Lipinski definition) is 5. The number of nitrogens with zero attached hydrogens (tertiary/aromatic N) is 4. The highest BCUT2D eigenvalue weighted by atomic mass is 19.4. The molecule has 9 heteroatoms. The Morgan fingerprint density at radius 3 is 2.44 bits per heavy atom. The first-order chi connectivity index (χ1) is 17.0. The summed E-state index contributed by atoms with van der Waals surface area (Å²) in [6, 6.07) is 5.82. The molecule has 2 fully saturated rings. The van der Waals surface area contributed by atoms with Crippen LogP contribution in [0.5, 0.6) is 0 Å². The van der Waals surface area contributed by atoms with Gasteiger partial charge < -0.3 is 14.5 Å². The van der Waals surface area contributed by atoms with Gasteiger partial charge in [0, 0.05) is 24.3 Å². The van der Waals surface area contributed by atoms with E-state index in [1.165, 1.54) is 0 Å². The number of amides is 1. The summed E-state index contributed by atoms with van der Waals surface area (Å²) >= 11 is 0. The summed E-state index contributed by atoms with van der Waals surface area (Å²) in [4.78, 5) is 24.0. The Balaban J connectivity index is 1.60. The van der Waals surface area contributed by atoms with Crippen molar-refractivity contribution in [2.75, 3.05) is 31.6 Å². The fourth-order valence-electron chi connectivity index (χ4n) is 5.37. The molecule has 4 rings (SSSR count). The minimum atomic E-state index is -4.47. The van der Waals surface area contributed by atoms with Gasteiger partial charge >= 0.3 is 12.3 Å². The minimum Gasteiger partial charge on any atom is -0.439 e. The van der Waals surface area contributed by atoms with Crippen LogP contribution >= 0.6 is 0 Å². The van der Waals surface area contributed by atoms with Crippen LogP contribution in [0, 0.1) is 13.8 Å². The van der Waals surface area contributed by atoms with Gasteiger partial charge in [-0.1, -0.05) is 11.6 Å². The second kappa shape index (κ2) is 10.3. The van der Waals surface area contributed by atoms with Crippen LogP contribution in [0.15, 0.2) is 30.5 Å². The van der Waals surface area contributed by atoms with Crippen molar-refractivity contribution < 1.29 is 22.7 Å². The first kappa shape index (κ1) is 26.3. The molecule has 1 aromatic heterocycles. The highest BCUT2D eigenvalue weighted by molar-refractivity contribution is 5.71. The zero-order valence-corrected chi connectivity index (χ0v) is 21.6. The highest BCUT2D eigenvalue weighted by Gasteiger charge is 2.41. The molecular weight excluding hydrogens is 469 g/mol. The van der Waals surface area contributed by atoms with E-state index < -0.39 is 30.0 Å². The lowest BCUT2D eigenvalue weighted by atomic mass is 9.98. The Labute approximate surface area is 211 Å². The highest BCUT2D eigenvalue weighted by Crippen LogP contribution is 2.38. The topological polar surface area (TPSA) is 48.9 Å². The number of aromatic nitrogens is 1. The molecule has 0 N–H and O–H groups in total. The summed E-state index contributed by atoms with van der Waals surface area (Å²) in [5.41, 5.74) is 2.00. The van der Waals surface area contributed by atoms with Gasteiger partial charge in [0.2, 0.25) is 0 Å². The summed E-state index contributed by atoms with van der Waals surface area (Å²) in [6.07, 6.45) is -1.85. The van der Waals surface area contributed by atoms with Crippen molar-refractivity contribution >= 4 is 11.9 Å². The summed E-state index contributed by atoms with van der Waals surface area (Å²) in [5.74, 6) is 0.857. The first-order valence-electron chi connectivity index (χ1n) is 12.5. The van der Waals surface area contributed by atoms with Gasteiger partial charge in [-0.25, -0.2) is 9.78 Å². The van der Waals surface area contributed by atoms with Crippen molar-refractivity contribution in [2.24, 2.45) is 0 Å². The van der Waals surface area contributed by atoms with Gasteiger partial charge in [0.25, 0.3) is 0 Å². The zero-order valence-electron chi connectivity index (χ0n) is 21.6. The average Bonchev–Trinajstić information content (AvgIpc) is 3.09. The van der Waals surface area contributed by atoms with E-state index in [-0.39, 0.29) is 6.54 Å². The summed E-state index contributed by atoms with van der Waals surface area (Å²) in [6.45, 7) is 10.6. The van der Waals surface area contributed by atoms with Gasteiger partial charge in [0.05, 0.1) is 18.2 Å². The number of halogens is 3. The van der Waals surface area contributed by atoms with E-state index in [2.05, 4.69) is 23.8 Å². The van der Waals surface area contributed by atoms with Crippen molar-refractivity contribution in [2.45, 2.75) is 71.4 Å². The monoisotopic (exact) mass is 504 g/mol. The SMILES string of the molecule is CCN(c1ncc(C)cc1CN1C(=O)O[C@H](c2cc(C)cc(C(F)(F)F)c2)[C@@H]1C)C1CCN(C)CC1. The number of ether oxygens (including phenoxy) is 1. The van der Waals surface area contributed by atoms with Crippen LogP contribution in [0.1, 0.15) is 60.6 Å². The normalized spacial score (nSPS) is 21.7. The second-order valence-electron chi connectivity index (χ2n) is 10.1. The fourth-order valence-corrected chi connectivity index (χ4v) is 5.37. The number of benzene rings is 1. The molecule has 1 amide bonds. The van der Waals surface area contributed by atoms with E-state index in [4.69, 9.17) is 9.72 Å². The van der Waals surface area contributed by atoms with E-state index in [1.807, 2.05) is 26.1 Å². The van der Waals surface area contributed by atoms with E-state index in [0.717, 1.165) is 61.6 Å². The summed E-state index contributed by atoms with van der Waals surface area (Å²) in [5, 5.41) is 0. The summed E-state index contributed by atoms with van der Waals surface area (Å²) in [7, 11) is 2.13. The molecule has 3 heterocycles. The quantitative estimate of drug-likeness (QED) is 0.504. The average molecular weight is 505 g/mol. The number of carbonyl (C=O) groups excluding carboxylic acids is 1. The molecule has 0 bridgehead atoms. The number of anilines is 1. The Morgan fingerprint density at radius 1 is 1.11 bits per heavy atom. The van der Waals surface area contributed by atoms with Gasteiger partial charge in [-0.15, -0.1) is 0 Å². The van der Waals surface area contributed by atoms with Crippen LogP contribution in [0.3, 0.4) is 0 Å². The van der Waals surface area contributed by atoms with Gasteiger partial charge in [0.1, 0.15) is 11.9 Å². The molecule has 2 aliphatic heterocycles. The lowest BCUT2D eigenvalue weighted by molar-refractivity contribution is -0.137. The fraction of sp³-hybridized carbons (Fsp3) is 0.556. The van der Waals surface area contributed by atoms with Crippen LogP contribution in [-0.4, -0.2) is 59.6 Å². The largest absolute Gasteiger partial charge is 0.439 e. The maximum atomic E-state index is 13.4. The molecule has 196 valence electrons. The molecule has 2 aromatic rings. The van der Waals surface area contributed by atoms with Crippen molar-refractivity contribution in [3.63, 3.8) is 0 Å². The molecular formula is C27H35F3N4O2. The molecule has 2 aliphatic rings. The zero-order chi connectivity index (χ0) is 26.2. The number of hydrogen-bond donors (Lipinski definition) is 0. The minimum absolute atomic E-state index is 0.279. The lowest BCUT2D eigenvalue weighted by Gasteiger charge is -2.38. The maximum Gasteiger partial charge on any atom is 0.416 e. The molecule has 0 aliphatic carbocycles. The number of likely N-dealkylation sites (tertiary alicyclic amines) is 1. The van der Waals surface area contributed by atoms with Crippen LogP contribution < -0.4 is 4.90 Å². The van der Waals surface area contributed by atoms with Crippen molar-refractivity contribution in [1.29, 1.82) is 0 Å². The van der Waals surface area contributed by atoms with Crippen LogP contribution in [0.4, 0.5) is 23.8 Å². The predicted molar refractivity (Wildman–Crippen MR) is 133 cm³/mol. The number of piperidine rings is 1. The molecule has 0 radical (unpaired) electrons. The maximum absolute atomic E-state index is 13.4. The molecule has 0 spiro atoms. The third-order valence-electron chi connectivity index (χ3n) is 7.31. The Morgan fingerprint density at radius 2 is 1.81 bits per heavy atom. The molecule has 6 nitrogen and oxygen atoms in total. The van der Waals surface area contributed by atoms with Crippen molar-refractivity contribution in [3.05, 3.63) is 58.3 Å². The third kappa shape index (κ3) is 5.45. The molecule has 36 heavy (non-hydrogen) atoms. The molecule has 0 unspecified atom stereocenters. The first-order valence-corrected chi connectivity index (χ1v) is 12.5. The second-order valence-corrected chi connectivity index (χ2v) is 10.1. The van der Waals surface area contributed by atoms with Crippen LogP contribution in [-0.2, 0) is 17.5 Å². The smallest absolute Gasteiger partial charge is 0.416 e. The van der Waals surface area contributed by atoms with Gasteiger partial charge in [0.15, 0.2) is 0 Å². The molecule has 2 saturated heterocycles. The van der Waals surface area contributed by atoms with E-state index >= 15 is 0 Å². The Bertz CT molecular complexity index is 1100. The van der Waals surface area contributed by atoms with E-state index in [1.54, 1.807) is 17.9 Å². The summed E-state index contributed by atoms with van der Waals surface area (Å²) < 4.78 is 45.9. The number of cyclic esters (lactones) is 1. The van der Waals surface area contributed by atoms with Crippen LogP contribution in [0.2, 0.25) is 0 Å². The van der Waals surface area contributed by atoms with Gasteiger partial charge in [-0.05, 0) is 90.0 Å². The third-order valence-corrected chi connectivity index (χ3v) is 7.31. The number of carbonyl (C=O) groups is 1. The standard InChI is InChI=1S/C27H35F3N4O2/c1-6-33(23-7-9-32(5)10-8-23)25-21(12-18(3)15-31-25)16-34-19(4)24(36-26(34)35)20-11-17(2)13-22(14-20)27(28,29)30/h11-15,19,23-24H,6-10,16H2,1-5H3/t19-,24-/m0/s1. The van der Waals surface area contributed by atoms with E-state index in [0.29, 0.717) is 17.2 Å². The van der Waals surface area contributed by atoms with Gasteiger partial charge in [-0.2, -0.15) is 13.2 Å². The van der Waals surface area contributed by atoms with E-state index in [9.17, 15) is 18.0 Å². The lowest BCUT2D eigenvalue weighted by Crippen LogP contribution is -2.44. The molecule has 2 atom stereocenters. The Kier molecular flexibility index (Phi) is 7.50. The van der Waals surface area contributed by atoms with Crippen molar-refractivity contribution in [3.8, 4) is 0 Å². The Hall–Kier alpha value is -2.81. The number of aryl methyl sites for hydroxylation is 2. The molecule has 0 saturated carbocycles. The predicted octanol–water partition coefficient (Wildman–Crippen LogP) is 5.72.